The van der Waals surface area contributed by atoms with Crippen LogP contribution >= 0.6 is 0 Å². The summed E-state index contributed by atoms with van der Waals surface area (Å²) in [6.07, 6.45) is 1.55. The van der Waals surface area contributed by atoms with Gasteiger partial charge in [0, 0.05) is 32.6 Å². The molecule has 21 heavy (non-hydrogen) atoms. The molecule has 2 rings (SSSR count). The maximum absolute atomic E-state index is 14.0. The van der Waals surface area contributed by atoms with Crippen molar-refractivity contribution in [3.05, 3.63) is 24.2 Å². The van der Waals surface area contributed by atoms with Gasteiger partial charge in [-0.3, -0.25) is 9.59 Å². The topological polar surface area (TPSA) is 74.6 Å². The summed E-state index contributed by atoms with van der Waals surface area (Å²) in [7, 11) is 0. The number of furan rings is 1. The minimum atomic E-state index is -1.43. The molecule has 0 aliphatic carbocycles. The fourth-order valence-corrected chi connectivity index (χ4v) is 2.24. The molecule has 0 saturated carbocycles. The summed E-state index contributed by atoms with van der Waals surface area (Å²) < 4.78 is 19.0. The number of alkyl halides is 1. The summed E-state index contributed by atoms with van der Waals surface area (Å²) in [4.78, 5) is 25.2. The molecule has 1 aliphatic heterocycles. The highest BCUT2D eigenvalue weighted by Crippen LogP contribution is 2.14. The highest BCUT2D eigenvalue weighted by molar-refractivity contribution is 5.91. The lowest BCUT2D eigenvalue weighted by molar-refractivity contribution is -0.132. The standard InChI is InChI=1S/C14H20FN3O3/c1-14(15)9-16-6-7-18(10-14)12(19)4-5-17-13(20)11-3-2-8-21-11/h2-3,8,16H,4-7,9-10H2,1H3,(H,17,20). The molecular formula is C14H20FN3O3. The summed E-state index contributed by atoms with van der Waals surface area (Å²) in [5.74, 6) is -0.319. The fraction of sp³-hybridized carbons (Fsp3) is 0.571. The van der Waals surface area contributed by atoms with E-state index in [0.717, 1.165) is 0 Å². The summed E-state index contributed by atoms with van der Waals surface area (Å²) in [6, 6.07) is 3.17. The summed E-state index contributed by atoms with van der Waals surface area (Å²) in [5.41, 5.74) is -1.43. The van der Waals surface area contributed by atoms with Crippen molar-refractivity contribution in [2.24, 2.45) is 0 Å². The van der Waals surface area contributed by atoms with Crippen LogP contribution in [0.2, 0.25) is 0 Å². The number of carbonyl (C=O) groups is 2. The van der Waals surface area contributed by atoms with Crippen LogP contribution in [0.15, 0.2) is 22.8 Å². The third-order valence-electron chi connectivity index (χ3n) is 3.29. The lowest BCUT2D eigenvalue weighted by Crippen LogP contribution is -2.43. The average Bonchev–Trinajstić information content (AvgIpc) is 2.89. The number of hydrogen-bond acceptors (Lipinski definition) is 4. The Morgan fingerprint density at radius 3 is 3.10 bits per heavy atom. The van der Waals surface area contributed by atoms with Gasteiger partial charge in [-0.1, -0.05) is 0 Å². The lowest BCUT2D eigenvalue weighted by Gasteiger charge is -2.26. The molecule has 1 aromatic heterocycles. The number of amides is 2. The fourth-order valence-electron chi connectivity index (χ4n) is 2.24. The Balaban J connectivity index is 1.77. The van der Waals surface area contributed by atoms with Crippen molar-refractivity contribution >= 4 is 11.8 Å². The monoisotopic (exact) mass is 297 g/mol. The van der Waals surface area contributed by atoms with Gasteiger partial charge in [-0.2, -0.15) is 0 Å². The maximum atomic E-state index is 14.0. The van der Waals surface area contributed by atoms with E-state index in [1.807, 2.05) is 0 Å². The summed E-state index contributed by atoms with van der Waals surface area (Å²) in [6.45, 7) is 3.04. The number of halogens is 1. The quantitative estimate of drug-likeness (QED) is 0.851. The first kappa shape index (κ1) is 15.5. The summed E-state index contributed by atoms with van der Waals surface area (Å²) >= 11 is 0. The van der Waals surface area contributed by atoms with Gasteiger partial charge in [0.05, 0.1) is 12.8 Å². The van der Waals surface area contributed by atoms with Crippen LogP contribution in [0.1, 0.15) is 23.9 Å². The molecule has 2 N–H and O–H groups in total. The first-order valence-corrected chi connectivity index (χ1v) is 6.97. The predicted octanol–water partition coefficient (Wildman–Crippen LogP) is 0.560. The molecule has 6 nitrogen and oxygen atoms in total. The second-order valence-electron chi connectivity index (χ2n) is 5.39. The van der Waals surface area contributed by atoms with Crippen LogP contribution in [0.3, 0.4) is 0 Å². The Hall–Kier alpha value is -1.89. The molecule has 1 atom stereocenters. The van der Waals surface area contributed by atoms with Crippen LogP contribution in [-0.2, 0) is 4.79 Å². The van der Waals surface area contributed by atoms with Crippen molar-refractivity contribution in [1.29, 1.82) is 0 Å². The number of nitrogens with zero attached hydrogens (tertiary/aromatic N) is 1. The highest BCUT2D eigenvalue weighted by Gasteiger charge is 2.30. The largest absolute Gasteiger partial charge is 0.459 e. The zero-order chi connectivity index (χ0) is 15.3. The number of hydrogen-bond donors (Lipinski definition) is 2. The summed E-state index contributed by atoms with van der Waals surface area (Å²) in [5, 5.41) is 5.57. The second-order valence-corrected chi connectivity index (χ2v) is 5.39. The normalized spacial score (nSPS) is 22.7. The SMILES string of the molecule is CC1(F)CNCCN(C(=O)CCNC(=O)c2ccco2)C1. The Morgan fingerprint density at radius 1 is 1.57 bits per heavy atom. The van der Waals surface area contributed by atoms with Crippen LogP contribution < -0.4 is 10.6 Å². The van der Waals surface area contributed by atoms with Gasteiger partial charge >= 0.3 is 0 Å². The predicted molar refractivity (Wildman–Crippen MR) is 74.6 cm³/mol. The molecule has 1 aliphatic rings. The molecule has 2 heterocycles. The molecule has 1 saturated heterocycles. The minimum Gasteiger partial charge on any atom is -0.459 e. The first-order chi connectivity index (χ1) is 9.98. The van der Waals surface area contributed by atoms with Crippen LogP contribution in [0.5, 0.6) is 0 Å². The molecule has 116 valence electrons. The third kappa shape index (κ3) is 4.56. The molecule has 0 radical (unpaired) electrons. The van der Waals surface area contributed by atoms with Gasteiger partial charge in [0.2, 0.25) is 5.91 Å². The van der Waals surface area contributed by atoms with Gasteiger partial charge in [0.1, 0.15) is 5.67 Å². The van der Waals surface area contributed by atoms with Gasteiger partial charge in [0.15, 0.2) is 5.76 Å². The minimum absolute atomic E-state index is 0.0744. The van der Waals surface area contributed by atoms with Crippen LogP contribution in [-0.4, -0.2) is 55.1 Å². The van der Waals surface area contributed by atoms with Crippen molar-refractivity contribution in [3.63, 3.8) is 0 Å². The van der Waals surface area contributed by atoms with Gasteiger partial charge in [-0.05, 0) is 19.1 Å². The number of nitrogens with one attached hydrogen (secondary N) is 2. The highest BCUT2D eigenvalue weighted by atomic mass is 19.1. The van der Waals surface area contributed by atoms with E-state index in [4.69, 9.17) is 4.42 Å². The second kappa shape index (κ2) is 6.71. The molecule has 2 amide bonds. The molecular weight excluding hydrogens is 277 g/mol. The van der Waals surface area contributed by atoms with E-state index < -0.39 is 5.67 Å². The zero-order valence-corrected chi connectivity index (χ0v) is 12.0. The Bertz CT molecular complexity index is 488. The smallest absolute Gasteiger partial charge is 0.286 e. The van der Waals surface area contributed by atoms with Gasteiger partial charge in [-0.15, -0.1) is 0 Å². The van der Waals surface area contributed by atoms with Crippen molar-refractivity contribution in [3.8, 4) is 0 Å². The maximum Gasteiger partial charge on any atom is 0.286 e. The van der Waals surface area contributed by atoms with E-state index in [-0.39, 0.29) is 43.6 Å². The molecule has 0 aromatic carbocycles. The van der Waals surface area contributed by atoms with Gasteiger partial charge < -0.3 is 20.0 Å². The molecule has 0 spiro atoms. The molecule has 0 bridgehead atoms. The van der Waals surface area contributed by atoms with Crippen molar-refractivity contribution in [2.45, 2.75) is 19.0 Å². The molecule has 7 heteroatoms. The number of rotatable bonds is 4. The Morgan fingerprint density at radius 2 is 2.38 bits per heavy atom. The van der Waals surface area contributed by atoms with E-state index in [2.05, 4.69) is 10.6 Å². The van der Waals surface area contributed by atoms with Crippen molar-refractivity contribution in [1.82, 2.24) is 15.5 Å². The van der Waals surface area contributed by atoms with Crippen LogP contribution in [0.25, 0.3) is 0 Å². The zero-order valence-electron chi connectivity index (χ0n) is 12.0. The third-order valence-corrected chi connectivity index (χ3v) is 3.29. The first-order valence-electron chi connectivity index (χ1n) is 6.97. The van der Waals surface area contributed by atoms with E-state index in [9.17, 15) is 14.0 Å². The van der Waals surface area contributed by atoms with Gasteiger partial charge in [0.25, 0.3) is 5.91 Å². The average molecular weight is 297 g/mol. The molecule has 1 unspecified atom stereocenters. The Labute approximate surface area is 122 Å². The van der Waals surface area contributed by atoms with Crippen molar-refractivity contribution < 1.29 is 18.4 Å². The van der Waals surface area contributed by atoms with E-state index in [1.165, 1.54) is 18.1 Å². The van der Waals surface area contributed by atoms with Crippen LogP contribution in [0, 0.1) is 0 Å². The molecule has 1 fully saturated rings. The lowest BCUT2D eigenvalue weighted by atomic mass is 10.1. The van der Waals surface area contributed by atoms with Gasteiger partial charge in [-0.25, -0.2) is 4.39 Å². The van der Waals surface area contributed by atoms with E-state index in [1.54, 1.807) is 12.1 Å². The Kier molecular flexibility index (Phi) is 4.95. The van der Waals surface area contributed by atoms with Crippen molar-refractivity contribution in [2.75, 3.05) is 32.7 Å². The van der Waals surface area contributed by atoms with E-state index in [0.29, 0.717) is 13.1 Å². The number of carbonyl (C=O) groups excluding carboxylic acids is 2. The molecule has 1 aromatic rings. The van der Waals surface area contributed by atoms with Crippen LogP contribution in [0.4, 0.5) is 4.39 Å². The van der Waals surface area contributed by atoms with E-state index >= 15 is 0 Å².